The highest BCUT2D eigenvalue weighted by molar-refractivity contribution is 5.81. The second-order valence-corrected chi connectivity index (χ2v) is 3.96. The molecule has 0 spiro atoms. The minimum atomic E-state index is -0.0251. The summed E-state index contributed by atoms with van der Waals surface area (Å²) in [6.07, 6.45) is 3.71. The SMILES string of the molecule is Cc1nccc(CNC(=O)C2CCCN2)n1. The van der Waals surface area contributed by atoms with Crippen molar-refractivity contribution in [2.24, 2.45) is 0 Å². The minimum absolute atomic E-state index is 0.0251. The number of carbonyl (C=O) groups is 1. The van der Waals surface area contributed by atoms with Crippen LogP contribution < -0.4 is 10.6 Å². The molecule has 0 radical (unpaired) electrons. The fraction of sp³-hybridized carbons (Fsp3) is 0.545. The Morgan fingerprint density at radius 1 is 1.69 bits per heavy atom. The summed E-state index contributed by atoms with van der Waals surface area (Å²) in [4.78, 5) is 19.9. The van der Waals surface area contributed by atoms with Crippen molar-refractivity contribution in [2.75, 3.05) is 6.54 Å². The van der Waals surface area contributed by atoms with Crippen LogP contribution in [-0.4, -0.2) is 28.5 Å². The lowest BCUT2D eigenvalue weighted by molar-refractivity contribution is -0.122. The second-order valence-electron chi connectivity index (χ2n) is 3.96. The average molecular weight is 220 g/mol. The van der Waals surface area contributed by atoms with Gasteiger partial charge in [0, 0.05) is 6.20 Å². The molecular formula is C11H16N4O. The van der Waals surface area contributed by atoms with E-state index >= 15 is 0 Å². The van der Waals surface area contributed by atoms with Crippen LogP contribution in [0.1, 0.15) is 24.4 Å². The van der Waals surface area contributed by atoms with Crippen LogP contribution in [0, 0.1) is 6.92 Å². The van der Waals surface area contributed by atoms with Crippen molar-refractivity contribution in [1.29, 1.82) is 0 Å². The summed E-state index contributed by atoms with van der Waals surface area (Å²) in [5, 5.41) is 6.04. The van der Waals surface area contributed by atoms with Crippen LogP contribution in [0.25, 0.3) is 0 Å². The Morgan fingerprint density at radius 2 is 2.56 bits per heavy atom. The maximum absolute atomic E-state index is 11.7. The predicted molar refractivity (Wildman–Crippen MR) is 59.6 cm³/mol. The molecule has 2 N–H and O–H groups in total. The van der Waals surface area contributed by atoms with Gasteiger partial charge >= 0.3 is 0 Å². The molecule has 1 unspecified atom stereocenters. The third-order valence-electron chi connectivity index (χ3n) is 2.65. The van der Waals surface area contributed by atoms with Gasteiger partial charge in [-0.25, -0.2) is 9.97 Å². The summed E-state index contributed by atoms with van der Waals surface area (Å²) >= 11 is 0. The topological polar surface area (TPSA) is 66.9 Å². The number of hydrogen-bond donors (Lipinski definition) is 2. The van der Waals surface area contributed by atoms with E-state index in [1.807, 2.05) is 13.0 Å². The summed E-state index contributed by atoms with van der Waals surface area (Å²) < 4.78 is 0. The highest BCUT2D eigenvalue weighted by Crippen LogP contribution is 2.04. The molecule has 2 heterocycles. The van der Waals surface area contributed by atoms with E-state index in [1.165, 1.54) is 0 Å². The molecule has 1 aliphatic heterocycles. The van der Waals surface area contributed by atoms with Crippen LogP contribution in [0.2, 0.25) is 0 Å². The quantitative estimate of drug-likeness (QED) is 0.761. The van der Waals surface area contributed by atoms with Crippen LogP contribution in [0.5, 0.6) is 0 Å². The molecule has 0 saturated carbocycles. The summed E-state index contributed by atoms with van der Waals surface area (Å²) in [6.45, 7) is 3.24. The standard InChI is InChI=1S/C11H16N4O/c1-8-12-6-4-9(15-8)7-14-11(16)10-3-2-5-13-10/h4,6,10,13H,2-3,5,7H2,1H3,(H,14,16). The molecule has 86 valence electrons. The Bertz CT molecular complexity index is 374. The number of nitrogens with one attached hydrogen (secondary N) is 2. The minimum Gasteiger partial charge on any atom is -0.349 e. The second kappa shape index (κ2) is 5.03. The number of carbonyl (C=O) groups excluding carboxylic acids is 1. The Balaban J connectivity index is 1.84. The predicted octanol–water partition coefficient (Wildman–Crippen LogP) is 0.153. The largest absolute Gasteiger partial charge is 0.349 e. The number of hydrogen-bond acceptors (Lipinski definition) is 4. The van der Waals surface area contributed by atoms with Gasteiger partial charge in [0.15, 0.2) is 0 Å². The molecule has 0 bridgehead atoms. The van der Waals surface area contributed by atoms with E-state index < -0.39 is 0 Å². The fourth-order valence-corrected chi connectivity index (χ4v) is 1.81. The lowest BCUT2D eigenvalue weighted by Gasteiger charge is -2.10. The Kier molecular flexibility index (Phi) is 3.46. The molecule has 1 aromatic heterocycles. The highest BCUT2D eigenvalue weighted by atomic mass is 16.2. The average Bonchev–Trinajstić information content (AvgIpc) is 2.79. The molecule has 16 heavy (non-hydrogen) atoms. The molecule has 1 aromatic rings. The first-order valence-electron chi connectivity index (χ1n) is 5.55. The third-order valence-corrected chi connectivity index (χ3v) is 2.65. The van der Waals surface area contributed by atoms with Gasteiger partial charge in [-0.2, -0.15) is 0 Å². The van der Waals surface area contributed by atoms with Crippen molar-refractivity contribution >= 4 is 5.91 Å². The van der Waals surface area contributed by atoms with Gasteiger partial charge in [-0.05, 0) is 32.4 Å². The maximum Gasteiger partial charge on any atom is 0.237 e. The van der Waals surface area contributed by atoms with Gasteiger partial charge in [-0.1, -0.05) is 0 Å². The molecule has 1 fully saturated rings. The number of amides is 1. The zero-order valence-corrected chi connectivity index (χ0v) is 9.36. The van der Waals surface area contributed by atoms with Gasteiger partial charge in [0.05, 0.1) is 18.3 Å². The van der Waals surface area contributed by atoms with Gasteiger partial charge in [-0.3, -0.25) is 4.79 Å². The van der Waals surface area contributed by atoms with E-state index in [4.69, 9.17) is 0 Å². The van der Waals surface area contributed by atoms with Crippen LogP contribution >= 0.6 is 0 Å². The number of aryl methyl sites for hydroxylation is 1. The maximum atomic E-state index is 11.7. The molecule has 0 aromatic carbocycles. The molecule has 0 aliphatic carbocycles. The van der Waals surface area contributed by atoms with Crippen molar-refractivity contribution < 1.29 is 4.79 Å². The van der Waals surface area contributed by atoms with Crippen molar-refractivity contribution in [3.8, 4) is 0 Å². The summed E-state index contributed by atoms with van der Waals surface area (Å²) in [6, 6.07) is 1.79. The summed E-state index contributed by atoms with van der Waals surface area (Å²) in [5.41, 5.74) is 0.846. The number of aromatic nitrogens is 2. The molecular weight excluding hydrogens is 204 g/mol. The molecule has 1 saturated heterocycles. The normalized spacial score (nSPS) is 19.7. The van der Waals surface area contributed by atoms with Crippen molar-refractivity contribution in [3.63, 3.8) is 0 Å². The molecule has 1 amide bonds. The van der Waals surface area contributed by atoms with Crippen molar-refractivity contribution in [2.45, 2.75) is 32.4 Å². The van der Waals surface area contributed by atoms with Crippen molar-refractivity contribution in [1.82, 2.24) is 20.6 Å². The molecule has 5 nitrogen and oxygen atoms in total. The molecule has 5 heteroatoms. The number of rotatable bonds is 3. The monoisotopic (exact) mass is 220 g/mol. The Labute approximate surface area is 94.7 Å². The van der Waals surface area contributed by atoms with E-state index in [9.17, 15) is 4.79 Å². The first kappa shape index (κ1) is 11.0. The zero-order valence-electron chi connectivity index (χ0n) is 9.36. The van der Waals surface area contributed by atoms with E-state index in [0.717, 1.165) is 30.9 Å². The van der Waals surface area contributed by atoms with Gasteiger partial charge < -0.3 is 10.6 Å². The van der Waals surface area contributed by atoms with Gasteiger partial charge in [0.25, 0.3) is 0 Å². The van der Waals surface area contributed by atoms with E-state index in [2.05, 4.69) is 20.6 Å². The molecule has 1 atom stereocenters. The van der Waals surface area contributed by atoms with Crippen LogP contribution in [0.4, 0.5) is 0 Å². The zero-order chi connectivity index (χ0) is 11.4. The van der Waals surface area contributed by atoms with Crippen LogP contribution in [-0.2, 0) is 11.3 Å². The first-order valence-corrected chi connectivity index (χ1v) is 5.55. The van der Waals surface area contributed by atoms with Gasteiger partial charge in [-0.15, -0.1) is 0 Å². The van der Waals surface area contributed by atoms with Crippen LogP contribution in [0.3, 0.4) is 0 Å². The Hall–Kier alpha value is -1.49. The van der Waals surface area contributed by atoms with Gasteiger partial charge in [0.2, 0.25) is 5.91 Å². The third kappa shape index (κ3) is 2.76. The summed E-state index contributed by atoms with van der Waals surface area (Å²) in [5.74, 6) is 0.791. The summed E-state index contributed by atoms with van der Waals surface area (Å²) in [7, 11) is 0. The lowest BCUT2D eigenvalue weighted by Crippen LogP contribution is -2.40. The molecule has 2 rings (SSSR count). The van der Waals surface area contributed by atoms with E-state index in [-0.39, 0.29) is 11.9 Å². The highest BCUT2D eigenvalue weighted by Gasteiger charge is 2.21. The first-order chi connectivity index (χ1) is 7.75. The van der Waals surface area contributed by atoms with Crippen LogP contribution in [0.15, 0.2) is 12.3 Å². The number of nitrogens with zero attached hydrogens (tertiary/aromatic N) is 2. The van der Waals surface area contributed by atoms with E-state index in [1.54, 1.807) is 6.20 Å². The van der Waals surface area contributed by atoms with Crippen molar-refractivity contribution in [3.05, 3.63) is 23.8 Å². The smallest absolute Gasteiger partial charge is 0.237 e. The van der Waals surface area contributed by atoms with E-state index in [0.29, 0.717) is 6.54 Å². The Morgan fingerprint density at radius 3 is 3.25 bits per heavy atom. The molecule has 1 aliphatic rings. The fourth-order valence-electron chi connectivity index (χ4n) is 1.81. The van der Waals surface area contributed by atoms with Gasteiger partial charge in [0.1, 0.15) is 5.82 Å². The lowest BCUT2D eigenvalue weighted by atomic mass is 10.2.